The van der Waals surface area contributed by atoms with Crippen molar-refractivity contribution in [2.75, 3.05) is 20.3 Å². The summed E-state index contributed by atoms with van der Waals surface area (Å²) in [6.45, 7) is 6.69. The molecule has 0 amide bonds. The zero-order valence-electron chi connectivity index (χ0n) is 19.5. The second kappa shape index (κ2) is 14.4. The summed E-state index contributed by atoms with van der Waals surface area (Å²) in [5, 5.41) is 7.15. The largest absolute Gasteiger partial charge is 0.497 e. The minimum absolute atomic E-state index is 0. The van der Waals surface area contributed by atoms with Gasteiger partial charge < -0.3 is 24.5 Å². The van der Waals surface area contributed by atoms with Gasteiger partial charge in [0.15, 0.2) is 5.96 Å². The topological polar surface area (TPSA) is 68.0 Å². The molecule has 2 heterocycles. The van der Waals surface area contributed by atoms with E-state index in [1.807, 2.05) is 24.3 Å². The first-order valence-corrected chi connectivity index (χ1v) is 11.5. The molecular weight excluding hydrogens is 517 g/mol. The molecule has 6 nitrogen and oxygen atoms in total. The molecule has 3 rings (SSSR count). The number of hydrogen-bond acceptors (Lipinski definition) is 4. The third kappa shape index (κ3) is 8.31. The first kappa shape index (κ1) is 26.5. The van der Waals surface area contributed by atoms with Gasteiger partial charge in [-0.1, -0.05) is 38.8 Å². The number of benzene rings is 1. The lowest BCUT2D eigenvalue weighted by molar-refractivity contribution is -0.0324. The van der Waals surface area contributed by atoms with Crippen LogP contribution in [0.15, 0.2) is 52.1 Å². The zero-order valence-corrected chi connectivity index (χ0v) is 21.8. The summed E-state index contributed by atoms with van der Waals surface area (Å²) in [6.07, 6.45) is 7.20. The molecule has 0 aliphatic carbocycles. The van der Waals surface area contributed by atoms with E-state index in [0.29, 0.717) is 24.6 Å². The van der Waals surface area contributed by atoms with E-state index in [4.69, 9.17) is 18.9 Å². The summed E-state index contributed by atoms with van der Waals surface area (Å²) in [4.78, 5) is 4.85. The molecule has 0 spiro atoms. The average Bonchev–Trinajstić information content (AvgIpc) is 3.32. The molecule has 2 unspecified atom stereocenters. The summed E-state index contributed by atoms with van der Waals surface area (Å²) in [5.41, 5.74) is 1.15. The number of nitrogens with zero attached hydrogens (tertiary/aromatic N) is 1. The van der Waals surface area contributed by atoms with E-state index in [2.05, 4.69) is 36.6 Å². The Hall–Kier alpha value is -1.74. The Morgan fingerprint density at radius 2 is 1.97 bits per heavy atom. The van der Waals surface area contributed by atoms with Crippen molar-refractivity contribution in [2.45, 2.75) is 64.6 Å². The van der Waals surface area contributed by atoms with Gasteiger partial charge in [0.05, 0.1) is 26.0 Å². The van der Waals surface area contributed by atoms with Crippen molar-refractivity contribution in [1.29, 1.82) is 0 Å². The normalized spacial score (nSPS) is 18.8. The van der Waals surface area contributed by atoms with E-state index >= 15 is 0 Å². The smallest absolute Gasteiger partial charge is 0.191 e. The van der Waals surface area contributed by atoms with E-state index in [9.17, 15) is 0 Å². The number of methoxy groups -OCH3 is 1. The highest BCUT2D eigenvalue weighted by molar-refractivity contribution is 14.0. The number of ether oxygens (including phenoxy) is 2. The van der Waals surface area contributed by atoms with Crippen LogP contribution in [0.25, 0.3) is 0 Å². The van der Waals surface area contributed by atoms with Crippen LogP contribution in [0.1, 0.15) is 50.9 Å². The van der Waals surface area contributed by atoms with Gasteiger partial charge in [-0.15, -0.1) is 24.0 Å². The molecule has 7 heteroatoms. The molecule has 0 bridgehead atoms. The van der Waals surface area contributed by atoms with Gasteiger partial charge in [0.1, 0.15) is 11.5 Å². The number of guanidine groups is 1. The molecule has 2 N–H and O–H groups in total. The molecule has 2 atom stereocenters. The third-order valence-electron chi connectivity index (χ3n) is 6.05. The maximum absolute atomic E-state index is 6.09. The fourth-order valence-electron chi connectivity index (χ4n) is 4.11. The standard InChI is InChI=1S/C25H37N3O3.HI/c1-4-20(5-2)24-17-21(13-16-31-24)28-25(26-14-12-23-7-6-15-30-23)27-18-19-8-10-22(29-3)11-9-19;/h6-11,15,20-21,24H,4-5,12-14,16-18H2,1-3H3,(H2,26,27,28);1H. The van der Waals surface area contributed by atoms with Crippen molar-refractivity contribution in [2.24, 2.45) is 10.9 Å². The molecule has 1 fully saturated rings. The van der Waals surface area contributed by atoms with Crippen molar-refractivity contribution in [3.05, 3.63) is 54.0 Å². The number of aliphatic imine (C=N–C) groups is 1. The second-order valence-corrected chi connectivity index (χ2v) is 8.12. The Bertz CT molecular complexity index is 776. The molecule has 2 aromatic rings. The lowest BCUT2D eigenvalue weighted by Gasteiger charge is -2.35. The zero-order chi connectivity index (χ0) is 21.9. The van der Waals surface area contributed by atoms with Crippen LogP contribution in [0.4, 0.5) is 0 Å². The molecule has 0 radical (unpaired) electrons. The molecule has 0 saturated carbocycles. The predicted molar refractivity (Wildman–Crippen MR) is 140 cm³/mol. The van der Waals surface area contributed by atoms with Crippen molar-refractivity contribution in [1.82, 2.24) is 10.6 Å². The fourth-order valence-corrected chi connectivity index (χ4v) is 4.11. The first-order valence-electron chi connectivity index (χ1n) is 11.5. The molecule has 1 aliphatic rings. The van der Waals surface area contributed by atoms with Crippen molar-refractivity contribution in [3.8, 4) is 5.75 Å². The van der Waals surface area contributed by atoms with Gasteiger partial charge >= 0.3 is 0 Å². The summed E-state index contributed by atoms with van der Waals surface area (Å²) >= 11 is 0. The lowest BCUT2D eigenvalue weighted by atomic mass is 9.89. The van der Waals surface area contributed by atoms with Crippen molar-refractivity contribution >= 4 is 29.9 Å². The monoisotopic (exact) mass is 555 g/mol. The maximum atomic E-state index is 6.09. The highest BCUT2D eigenvalue weighted by atomic mass is 127. The Morgan fingerprint density at radius 1 is 1.19 bits per heavy atom. The van der Waals surface area contributed by atoms with Gasteiger partial charge in [-0.25, -0.2) is 4.99 Å². The maximum Gasteiger partial charge on any atom is 0.191 e. The SMILES string of the molecule is CCC(CC)C1CC(NC(=NCc2ccc(OC)cc2)NCCc2ccco2)CCO1.I. The average molecular weight is 556 g/mol. The van der Waals surface area contributed by atoms with Crippen LogP contribution in [-0.4, -0.2) is 38.4 Å². The number of furan rings is 1. The molecule has 32 heavy (non-hydrogen) atoms. The van der Waals surface area contributed by atoms with Crippen LogP contribution in [0.2, 0.25) is 0 Å². The molecule has 1 aromatic carbocycles. The number of rotatable bonds is 10. The first-order chi connectivity index (χ1) is 15.2. The van der Waals surface area contributed by atoms with Gasteiger partial charge in [-0.3, -0.25) is 0 Å². The van der Waals surface area contributed by atoms with E-state index < -0.39 is 0 Å². The van der Waals surface area contributed by atoms with Crippen LogP contribution in [0, 0.1) is 5.92 Å². The summed E-state index contributed by atoms with van der Waals surface area (Å²) in [7, 11) is 1.68. The number of hydrogen-bond donors (Lipinski definition) is 2. The van der Waals surface area contributed by atoms with E-state index in [1.54, 1.807) is 13.4 Å². The van der Waals surface area contributed by atoms with Crippen molar-refractivity contribution in [3.63, 3.8) is 0 Å². The van der Waals surface area contributed by atoms with Crippen LogP contribution in [-0.2, 0) is 17.7 Å². The van der Waals surface area contributed by atoms with Gasteiger partial charge in [0.2, 0.25) is 0 Å². The quantitative estimate of drug-likeness (QED) is 0.241. The Morgan fingerprint density at radius 3 is 2.62 bits per heavy atom. The van der Waals surface area contributed by atoms with Crippen LogP contribution < -0.4 is 15.4 Å². The summed E-state index contributed by atoms with van der Waals surface area (Å²) < 4.78 is 16.8. The van der Waals surface area contributed by atoms with E-state index in [0.717, 1.165) is 68.3 Å². The molecule has 1 aliphatic heterocycles. The Labute approximate surface area is 209 Å². The Kier molecular flexibility index (Phi) is 11.9. The second-order valence-electron chi connectivity index (χ2n) is 8.12. The summed E-state index contributed by atoms with van der Waals surface area (Å²) in [5.74, 6) is 3.30. The third-order valence-corrected chi connectivity index (χ3v) is 6.05. The van der Waals surface area contributed by atoms with Crippen LogP contribution >= 0.6 is 24.0 Å². The predicted octanol–water partition coefficient (Wildman–Crippen LogP) is 5.17. The van der Waals surface area contributed by atoms with Gasteiger partial charge in [0, 0.05) is 25.6 Å². The lowest BCUT2D eigenvalue weighted by Crippen LogP contribution is -2.48. The van der Waals surface area contributed by atoms with Crippen molar-refractivity contribution < 1.29 is 13.9 Å². The minimum atomic E-state index is 0. The molecule has 178 valence electrons. The number of nitrogens with one attached hydrogen (secondary N) is 2. The van der Waals surface area contributed by atoms with Crippen LogP contribution in [0.5, 0.6) is 5.75 Å². The number of halogens is 1. The highest BCUT2D eigenvalue weighted by Crippen LogP contribution is 2.25. The fraction of sp³-hybridized carbons (Fsp3) is 0.560. The van der Waals surface area contributed by atoms with Gasteiger partial charge in [0.25, 0.3) is 0 Å². The summed E-state index contributed by atoms with van der Waals surface area (Å²) in [6, 6.07) is 12.3. The van der Waals surface area contributed by atoms with Crippen LogP contribution in [0.3, 0.4) is 0 Å². The molecule has 1 saturated heterocycles. The molecular formula is C25H38IN3O3. The van der Waals surface area contributed by atoms with E-state index in [-0.39, 0.29) is 24.0 Å². The Balaban J connectivity index is 0.00000363. The van der Waals surface area contributed by atoms with Gasteiger partial charge in [-0.2, -0.15) is 0 Å². The molecule has 1 aromatic heterocycles. The highest BCUT2D eigenvalue weighted by Gasteiger charge is 2.28. The van der Waals surface area contributed by atoms with Gasteiger partial charge in [-0.05, 0) is 48.6 Å². The minimum Gasteiger partial charge on any atom is -0.497 e. The van der Waals surface area contributed by atoms with E-state index in [1.165, 1.54) is 0 Å².